The third kappa shape index (κ3) is 10.5. The molecule has 3 aromatic rings. The van der Waals surface area contributed by atoms with E-state index < -0.39 is 109 Å². The molecule has 24 heteroatoms. The van der Waals surface area contributed by atoms with Gasteiger partial charge in [-0.05, 0) is 24.3 Å². The number of ether oxygens (including phenoxy) is 5. The average Bonchev–Trinajstić information content (AvgIpc) is 3.60. The van der Waals surface area contributed by atoms with Gasteiger partial charge in [-0.3, -0.25) is 10.1 Å². The van der Waals surface area contributed by atoms with E-state index in [1.54, 1.807) is 0 Å². The maximum Gasteiger partial charge on any atom is 0.421 e. The van der Waals surface area contributed by atoms with E-state index in [4.69, 9.17) is 23.7 Å². The number of carbonyl (C=O) groups is 3. The molecule has 1 aromatic carbocycles. The van der Waals surface area contributed by atoms with Gasteiger partial charge in [0, 0.05) is 14.0 Å². The van der Waals surface area contributed by atoms with Gasteiger partial charge < -0.3 is 54.5 Å². The highest BCUT2D eigenvalue weighted by Gasteiger charge is 2.57. The van der Waals surface area contributed by atoms with Crippen molar-refractivity contribution in [2.24, 2.45) is 0 Å². The second kappa shape index (κ2) is 17.9. The number of aliphatic carboxylic acids is 1. The molecule has 0 unspecified atom stereocenters. The molecule has 19 nitrogen and oxygen atoms in total. The number of benzene rings is 1. The highest BCUT2D eigenvalue weighted by Crippen LogP contribution is 2.39. The number of nitrogens with one attached hydrogen (secondary N) is 2. The number of anilines is 1. The van der Waals surface area contributed by atoms with E-state index in [2.05, 4.69) is 25.9 Å². The van der Waals surface area contributed by atoms with Gasteiger partial charge in [-0.2, -0.15) is 13.2 Å². The topological polar surface area (TPSA) is 266 Å². The number of pyridine rings is 1. The lowest BCUT2D eigenvalue weighted by Crippen LogP contribution is -2.68. The molecular formula is C31H35F5N6O13. The van der Waals surface area contributed by atoms with Crippen molar-refractivity contribution < 1.29 is 85.6 Å². The van der Waals surface area contributed by atoms with Crippen LogP contribution in [-0.4, -0.2) is 127 Å². The van der Waals surface area contributed by atoms with E-state index >= 15 is 0 Å². The normalized spacial score (nSPS) is 21.1. The minimum atomic E-state index is -4.89. The quantitative estimate of drug-likeness (QED) is 0.0785. The van der Waals surface area contributed by atoms with Crippen molar-refractivity contribution in [1.29, 1.82) is 0 Å². The summed E-state index contributed by atoms with van der Waals surface area (Å²) in [6.07, 6.45) is -16.2. The minimum Gasteiger partial charge on any atom is -0.476 e. The molecule has 0 saturated carbocycles. The maximum atomic E-state index is 14.4. The second-order valence-electron chi connectivity index (χ2n) is 11.8. The summed E-state index contributed by atoms with van der Waals surface area (Å²) in [5.41, 5.74) is -2.72. The maximum absolute atomic E-state index is 14.4. The molecule has 0 spiro atoms. The van der Waals surface area contributed by atoms with Crippen LogP contribution in [0.4, 0.5) is 32.4 Å². The van der Waals surface area contributed by atoms with Gasteiger partial charge in [0.1, 0.15) is 48.5 Å². The SMILES string of the molecule is COCCOc1ncc(NC(=O)OCc2cn(-c3ccc(O[C@]4(C(=O)O)C[C@H](O)[C@@H](NC(C)=O)[C@H]([C@H](O)[C@H](O)CO)O4)c(C(F)F)c3)nn2)cc1C(F)(F)F. The fourth-order valence-corrected chi connectivity index (χ4v) is 5.20. The molecule has 2 amide bonds. The molecule has 1 aliphatic heterocycles. The predicted octanol–water partition coefficient (Wildman–Crippen LogP) is 0.921. The smallest absolute Gasteiger partial charge is 0.421 e. The lowest BCUT2D eigenvalue weighted by molar-refractivity contribution is -0.284. The summed E-state index contributed by atoms with van der Waals surface area (Å²) in [5.74, 6) is -7.17. The van der Waals surface area contributed by atoms with Gasteiger partial charge in [0.25, 0.3) is 6.43 Å². The molecule has 3 heterocycles. The molecule has 4 rings (SSSR count). The number of aliphatic hydroxyl groups excluding tert-OH is 4. The van der Waals surface area contributed by atoms with Crippen LogP contribution in [0.25, 0.3) is 5.69 Å². The molecular weight excluding hydrogens is 759 g/mol. The van der Waals surface area contributed by atoms with Crippen LogP contribution in [0.1, 0.15) is 36.6 Å². The van der Waals surface area contributed by atoms with Crippen LogP contribution in [0.15, 0.2) is 36.7 Å². The Labute approximate surface area is 306 Å². The highest BCUT2D eigenvalue weighted by molar-refractivity contribution is 5.84. The zero-order valence-electron chi connectivity index (χ0n) is 28.6. The second-order valence-corrected chi connectivity index (χ2v) is 11.8. The van der Waals surface area contributed by atoms with Crippen molar-refractivity contribution in [2.75, 3.05) is 32.2 Å². The zero-order valence-corrected chi connectivity index (χ0v) is 28.6. The molecule has 302 valence electrons. The van der Waals surface area contributed by atoms with Crippen molar-refractivity contribution >= 4 is 23.7 Å². The monoisotopic (exact) mass is 794 g/mol. The first-order chi connectivity index (χ1) is 25.9. The summed E-state index contributed by atoms with van der Waals surface area (Å²) < 4.78 is 95.9. The molecule has 0 aliphatic carbocycles. The Bertz CT molecular complexity index is 1820. The highest BCUT2D eigenvalue weighted by atomic mass is 19.4. The Morgan fingerprint density at radius 2 is 1.89 bits per heavy atom. The molecule has 1 aliphatic rings. The number of carboxylic acid groups (broad SMARTS) is 1. The van der Waals surface area contributed by atoms with E-state index in [1.165, 1.54) is 7.11 Å². The fourth-order valence-electron chi connectivity index (χ4n) is 5.20. The lowest BCUT2D eigenvalue weighted by atomic mass is 9.88. The molecule has 2 aromatic heterocycles. The molecule has 6 atom stereocenters. The molecule has 1 saturated heterocycles. The standard InChI is InChI=1S/C31H35F5N6O13/c1-14(44)38-23-20(45)9-30(28(48)49,55-25(23)24(47)21(46)12-43)54-22-4-3-17(8-18(22)26(32)33)42-11-16(40-41-42)13-53-29(50)39-15-7-19(31(34,35)36)27(37-10-15)52-6-5-51-2/h3-4,7-8,10-11,20-21,23-26,43,45-47H,5-6,9,12-13H2,1-2H3,(H,38,44)(H,39,50)(H,48,49)/t20-,21+,23+,24+,25+,30+/m0/s1. The van der Waals surface area contributed by atoms with E-state index in [9.17, 15) is 61.9 Å². The number of hydrogen-bond donors (Lipinski definition) is 7. The Morgan fingerprint density at radius 3 is 2.51 bits per heavy atom. The minimum absolute atomic E-state index is 0.00583. The fraction of sp³-hybridized carbons (Fsp3) is 0.484. The van der Waals surface area contributed by atoms with Crippen LogP contribution < -0.4 is 20.1 Å². The van der Waals surface area contributed by atoms with Crippen molar-refractivity contribution in [3.8, 4) is 17.3 Å². The number of alkyl halides is 5. The van der Waals surface area contributed by atoms with Crippen LogP contribution in [-0.2, 0) is 36.6 Å². The number of carboxylic acids is 1. The largest absolute Gasteiger partial charge is 0.476 e. The molecule has 0 radical (unpaired) electrons. The van der Waals surface area contributed by atoms with Gasteiger partial charge in [0.05, 0.1) is 61.1 Å². The van der Waals surface area contributed by atoms with Crippen molar-refractivity contribution in [3.05, 3.63) is 53.5 Å². The predicted molar refractivity (Wildman–Crippen MR) is 170 cm³/mol. The Balaban J connectivity index is 1.50. The average molecular weight is 795 g/mol. The van der Waals surface area contributed by atoms with E-state index in [0.29, 0.717) is 6.07 Å². The number of hydrogen-bond acceptors (Lipinski definition) is 15. The number of aromatic nitrogens is 4. The number of methoxy groups -OCH3 is 1. The summed E-state index contributed by atoms with van der Waals surface area (Å²) in [5, 5.41) is 62.7. The number of halogens is 5. The van der Waals surface area contributed by atoms with Gasteiger partial charge >= 0.3 is 24.0 Å². The molecule has 55 heavy (non-hydrogen) atoms. The van der Waals surface area contributed by atoms with Gasteiger partial charge in [0.15, 0.2) is 0 Å². The van der Waals surface area contributed by atoms with E-state index in [1.807, 2.05) is 0 Å². The number of aliphatic hydroxyl groups is 4. The Morgan fingerprint density at radius 1 is 1.16 bits per heavy atom. The van der Waals surface area contributed by atoms with E-state index in [0.717, 1.165) is 42.2 Å². The van der Waals surface area contributed by atoms with Gasteiger partial charge in [-0.15, -0.1) is 5.10 Å². The molecule has 0 bridgehead atoms. The number of carbonyl (C=O) groups excluding carboxylic acids is 2. The summed E-state index contributed by atoms with van der Waals surface area (Å²) in [6.45, 7) is -0.829. The van der Waals surface area contributed by atoms with E-state index in [-0.39, 0.29) is 30.3 Å². The first kappa shape index (κ1) is 42.5. The summed E-state index contributed by atoms with van der Waals surface area (Å²) in [4.78, 5) is 40.2. The van der Waals surface area contributed by atoms with Gasteiger partial charge in [-0.25, -0.2) is 28.0 Å². The first-order valence-corrected chi connectivity index (χ1v) is 15.9. The number of nitrogens with zero attached hydrogens (tertiary/aromatic N) is 4. The van der Waals surface area contributed by atoms with Gasteiger partial charge in [0.2, 0.25) is 11.8 Å². The van der Waals surface area contributed by atoms with Gasteiger partial charge in [-0.1, -0.05) is 5.21 Å². The van der Waals surface area contributed by atoms with Crippen molar-refractivity contribution in [2.45, 2.75) is 68.8 Å². The zero-order chi connectivity index (χ0) is 40.7. The van der Waals surface area contributed by atoms with Crippen LogP contribution >= 0.6 is 0 Å². The van der Waals surface area contributed by atoms with Crippen LogP contribution in [0.2, 0.25) is 0 Å². The Hall–Kier alpha value is -5.27. The lowest BCUT2D eigenvalue weighted by Gasteiger charge is -2.46. The first-order valence-electron chi connectivity index (χ1n) is 15.9. The summed E-state index contributed by atoms with van der Waals surface area (Å²) in [7, 11) is 1.33. The summed E-state index contributed by atoms with van der Waals surface area (Å²) >= 11 is 0. The number of rotatable bonds is 16. The summed E-state index contributed by atoms with van der Waals surface area (Å²) in [6, 6.07) is 1.92. The third-order valence-corrected chi connectivity index (χ3v) is 7.78. The number of amides is 2. The van der Waals surface area contributed by atoms with Crippen molar-refractivity contribution in [1.82, 2.24) is 25.3 Å². The van der Waals surface area contributed by atoms with Crippen LogP contribution in [0, 0.1) is 0 Å². The van der Waals surface area contributed by atoms with Crippen LogP contribution in [0.3, 0.4) is 0 Å². The molecule has 1 fully saturated rings. The van der Waals surface area contributed by atoms with Crippen molar-refractivity contribution in [3.63, 3.8) is 0 Å². The molecule has 7 N–H and O–H groups in total. The Kier molecular flexibility index (Phi) is 13.8. The van der Waals surface area contributed by atoms with Crippen LogP contribution in [0.5, 0.6) is 11.6 Å². The third-order valence-electron chi connectivity index (χ3n) is 7.78.